The number of nitrogens with two attached hydrogens (primary N) is 1. The summed E-state index contributed by atoms with van der Waals surface area (Å²) in [7, 11) is 1.39. The second-order valence-electron chi connectivity index (χ2n) is 4.59. The Morgan fingerprint density at radius 2 is 2.17 bits per heavy atom. The Labute approximate surface area is 112 Å². The van der Waals surface area contributed by atoms with Gasteiger partial charge in [0.25, 0.3) is 0 Å². The largest absolute Gasteiger partial charge is 0.465 e. The molecule has 1 aliphatic carbocycles. The summed E-state index contributed by atoms with van der Waals surface area (Å²) in [5.41, 5.74) is 7.90. The molecule has 0 unspecified atom stereocenters. The van der Waals surface area contributed by atoms with Crippen molar-refractivity contribution in [3.8, 4) is 0 Å². The van der Waals surface area contributed by atoms with Crippen molar-refractivity contribution in [3.63, 3.8) is 0 Å². The predicted molar refractivity (Wildman–Crippen MR) is 75.7 cm³/mol. The number of rotatable bonds is 4. The van der Waals surface area contributed by atoms with E-state index < -0.39 is 0 Å². The van der Waals surface area contributed by atoms with Gasteiger partial charge in [0.2, 0.25) is 0 Å². The van der Waals surface area contributed by atoms with Crippen LogP contribution in [0.2, 0.25) is 0 Å². The molecule has 18 heavy (non-hydrogen) atoms. The minimum absolute atomic E-state index is 0.338. The maximum Gasteiger partial charge on any atom is 0.340 e. The average Bonchev–Trinajstić information content (AvgIpc) is 2.88. The molecule has 1 saturated carbocycles. The van der Waals surface area contributed by atoms with E-state index >= 15 is 0 Å². The molecule has 0 radical (unpaired) electrons. The average molecular weight is 265 g/mol. The van der Waals surface area contributed by atoms with Crippen LogP contribution in [0.5, 0.6) is 0 Å². The van der Waals surface area contributed by atoms with Crippen molar-refractivity contribution >= 4 is 23.4 Å². The van der Waals surface area contributed by atoms with Gasteiger partial charge < -0.3 is 10.5 Å². The van der Waals surface area contributed by atoms with Crippen LogP contribution in [0.15, 0.2) is 18.2 Å². The molecule has 0 atom stereocenters. The van der Waals surface area contributed by atoms with Crippen LogP contribution in [0.1, 0.15) is 41.6 Å². The lowest BCUT2D eigenvalue weighted by Crippen LogP contribution is -2.09. The quantitative estimate of drug-likeness (QED) is 0.671. The van der Waals surface area contributed by atoms with Gasteiger partial charge in [-0.3, -0.25) is 0 Å². The Morgan fingerprint density at radius 1 is 1.44 bits per heavy atom. The molecule has 0 spiro atoms. The third kappa shape index (κ3) is 2.99. The van der Waals surface area contributed by atoms with E-state index in [0.29, 0.717) is 11.3 Å². The maximum atomic E-state index is 11.7. The van der Waals surface area contributed by atoms with Gasteiger partial charge >= 0.3 is 5.97 Å². The van der Waals surface area contributed by atoms with Gasteiger partial charge in [-0.15, -0.1) is 0 Å². The first-order chi connectivity index (χ1) is 8.72. The molecule has 98 valence electrons. The van der Waals surface area contributed by atoms with Crippen LogP contribution in [0.4, 0.5) is 5.69 Å². The molecule has 1 aromatic carbocycles. The number of hydrogen-bond donors (Lipinski definition) is 1. The lowest BCUT2D eigenvalue weighted by Gasteiger charge is -2.12. The van der Waals surface area contributed by atoms with Gasteiger partial charge in [0.15, 0.2) is 0 Å². The van der Waals surface area contributed by atoms with Gasteiger partial charge in [0, 0.05) is 16.7 Å². The number of anilines is 1. The molecular formula is C14H19NO2S. The summed E-state index contributed by atoms with van der Waals surface area (Å²) in [6, 6.07) is 5.60. The molecule has 2 N–H and O–H groups in total. The van der Waals surface area contributed by atoms with E-state index in [1.165, 1.54) is 32.8 Å². The van der Waals surface area contributed by atoms with E-state index in [2.05, 4.69) is 0 Å². The number of ether oxygens (including phenoxy) is 1. The molecule has 2 rings (SSSR count). The van der Waals surface area contributed by atoms with Crippen molar-refractivity contribution in [3.05, 3.63) is 29.3 Å². The molecule has 0 heterocycles. The van der Waals surface area contributed by atoms with E-state index in [-0.39, 0.29) is 5.97 Å². The highest BCUT2D eigenvalue weighted by molar-refractivity contribution is 7.99. The van der Waals surface area contributed by atoms with Gasteiger partial charge in [0.1, 0.15) is 0 Å². The molecule has 4 heteroatoms. The molecule has 0 saturated heterocycles. The summed E-state index contributed by atoms with van der Waals surface area (Å²) in [6.07, 6.45) is 5.25. The SMILES string of the molecule is COC(=O)c1c(N)cccc1CSC1CCCC1. The molecule has 0 amide bonds. The monoisotopic (exact) mass is 265 g/mol. The second kappa shape index (κ2) is 6.14. The van der Waals surface area contributed by atoms with Crippen molar-refractivity contribution in [1.82, 2.24) is 0 Å². The number of nitrogen functional groups attached to an aromatic ring is 1. The number of methoxy groups -OCH3 is 1. The van der Waals surface area contributed by atoms with E-state index in [0.717, 1.165) is 16.6 Å². The molecule has 0 bridgehead atoms. The summed E-state index contributed by atoms with van der Waals surface area (Å²) in [6.45, 7) is 0. The molecule has 1 fully saturated rings. The zero-order valence-corrected chi connectivity index (χ0v) is 11.5. The topological polar surface area (TPSA) is 52.3 Å². The van der Waals surface area contributed by atoms with Gasteiger partial charge in [-0.1, -0.05) is 25.0 Å². The number of thioether (sulfide) groups is 1. The fourth-order valence-electron chi connectivity index (χ4n) is 2.35. The lowest BCUT2D eigenvalue weighted by atomic mass is 10.1. The highest BCUT2D eigenvalue weighted by Crippen LogP contribution is 2.33. The highest BCUT2D eigenvalue weighted by atomic mass is 32.2. The number of carbonyl (C=O) groups excluding carboxylic acids is 1. The number of benzene rings is 1. The lowest BCUT2D eigenvalue weighted by molar-refractivity contribution is 0.0601. The predicted octanol–water partition coefficient (Wildman–Crippen LogP) is 3.23. The van der Waals surface area contributed by atoms with E-state index in [9.17, 15) is 4.79 Å². The third-order valence-electron chi connectivity index (χ3n) is 3.35. The minimum Gasteiger partial charge on any atom is -0.465 e. The van der Waals surface area contributed by atoms with Crippen LogP contribution in [-0.4, -0.2) is 18.3 Å². The van der Waals surface area contributed by atoms with Crippen LogP contribution < -0.4 is 5.73 Å². The van der Waals surface area contributed by atoms with Gasteiger partial charge in [0.05, 0.1) is 12.7 Å². The van der Waals surface area contributed by atoms with Crippen molar-refractivity contribution in [1.29, 1.82) is 0 Å². The van der Waals surface area contributed by atoms with Crippen LogP contribution >= 0.6 is 11.8 Å². The van der Waals surface area contributed by atoms with Crippen LogP contribution in [0.3, 0.4) is 0 Å². The Kier molecular flexibility index (Phi) is 4.53. The van der Waals surface area contributed by atoms with E-state index in [4.69, 9.17) is 10.5 Å². The first-order valence-corrected chi connectivity index (χ1v) is 7.34. The molecule has 1 aromatic rings. The van der Waals surface area contributed by atoms with Crippen molar-refractivity contribution in [2.24, 2.45) is 0 Å². The van der Waals surface area contributed by atoms with E-state index in [1.807, 2.05) is 23.9 Å². The zero-order valence-electron chi connectivity index (χ0n) is 10.6. The maximum absolute atomic E-state index is 11.7. The number of carbonyl (C=O) groups is 1. The van der Waals surface area contributed by atoms with Crippen molar-refractivity contribution in [2.45, 2.75) is 36.7 Å². The first kappa shape index (κ1) is 13.3. The van der Waals surface area contributed by atoms with E-state index in [1.54, 1.807) is 6.07 Å². The van der Waals surface area contributed by atoms with Crippen molar-refractivity contribution < 1.29 is 9.53 Å². The fourth-order valence-corrected chi connectivity index (χ4v) is 3.68. The highest BCUT2D eigenvalue weighted by Gasteiger charge is 2.19. The number of hydrogen-bond acceptors (Lipinski definition) is 4. The Balaban J connectivity index is 2.11. The summed E-state index contributed by atoms with van der Waals surface area (Å²) < 4.78 is 4.80. The summed E-state index contributed by atoms with van der Waals surface area (Å²) in [5, 5.41) is 0.733. The van der Waals surface area contributed by atoms with Gasteiger partial charge in [-0.25, -0.2) is 4.79 Å². The summed E-state index contributed by atoms with van der Waals surface area (Å²) in [5.74, 6) is 0.496. The first-order valence-electron chi connectivity index (χ1n) is 6.29. The Hall–Kier alpha value is -1.16. The zero-order chi connectivity index (χ0) is 13.0. The smallest absolute Gasteiger partial charge is 0.340 e. The van der Waals surface area contributed by atoms with Gasteiger partial charge in [-0.2, -0.15) is 11.8 Å². The van der Waals surface area contributed by atoms with Gasteiger partial charge in [-0.05, 0) is 24.5 Å². The van der Waals surface area contributed by atoms with Crippen LogP contribution in [-0.2, 0) is 10.5 Å². The van der Waals surface area contributed by atoms with Crippen LogP contribution in [0.25, 0.3) is 0 Å². The molecule has 3 nitrogen and oxygen atoms in total. The molecule has 0 aliphatic heterocycles. The summed E-state index contributed by atoms with van der Waals surface area (Å²) >= 11 is 1.92. The third-order valence-corrected chi connectivity index (χ3v) is 4.77. The second-order valence-corrected chi connectivity index (χ2v) is 5.88. The fraction of sp³-hybridized carbons (Fsp3) is 0.500. The molecular weight excluding hydrogens is 246 g/mol. The Morgan fingerprint density at radius 3 is 2.83 bits per heavy atom. The van der Waals surface area contributed by atoms with Crippen LogP contribution in [0, 0.1) is 0 Å². The number of esters is 1. The molecule has 1 aliphatic rings. The molecule has 0 aromatic heterocycles. The van der Waals surface area contributed by atoms with Crippen molar-refractivity contribution in [2.75, 3.05) is 12.8 Å². The normalized spacial score (nSPS) is 15.8. The summed E-state index contributed by atoms with van der Waals surface area (Å²) in [4.78, 5) is 11.7. The minimum atomic E-state index is -0.338. The Bertz CT molecular complexity index is 428. The standard InChI is InChI=1S/C14H19NO2S/c1-17-14(16)13-10(5-4-8-12(13)15)9-18-11-6-2-3-7-11/h4-5,8,11H,2-3,6-7,9,15H2,1H3.